The van der Waals surface area contributed by atoms with Crippen LogP contribution in [0.2, 0.25) is 0 Å². The topological polar surface area (TPSA) is 67.2 Å². The average molecular weight is 263 g/mol. The number of carbonyl (C=O) groups is 1. The summed E-state index contributed by atoms with van der Waals surface area (Å²) in [6.45, 7) is 2.14. The lowest BCUT2D eigenvalue weighted by molar-refractivity contribution is -0.118. The van der Waals surface area contributed by atoms with E-state index in [1.807, 2.05) is 36.4 Å². The third-order valence-corrected chi connectivity index (χ3v) is 2.30. The number of thiocarbonyl (C=S) groups is 1. The summed E-state index contributed by atoms with van der Waals surface area (Å²) in [5.41, 5.74) is 7.34. The minimum absolute atomic E-state index is 0.0149. The van der Waals surface area contributed by atoms with Crippen LogP contribution in [0.1, 0.15) is 18.9 Å². The summed E-state index contributed by atoms with van der Waals surface area (Å²) < 4.78 is 0. The lowest BCUT2D eigenvalue weighted by atomic mass is 10.1. The van der Waals surface area contributed by atoms with Gasteiger partial charge in [0.05, 0.1) is 0 Å². The van der Waals surface area contributed by atoms with Crippen molar-refractivity contribution >= 4 is 35.0 Å². The van der Waals surface area contributed by atoms with Crippen LogP contribution in [-0.4, -0.2) is 17.6 Å². The summed E-state index contributed by atoms with van der Waals surface area (Å²) in [7, 11) is 0. The fraction of sp³-hybridized carbons (Fsp3) is 0.231. The van der Waals surface area contributed by atoms with Crippen LogP contribution in [0.4, 0.5) is 5.69 Å². The predicted octanol–water partition coefficient (Wildman–Crippen LogP) is 1.88. The number of nitrogens with two attached hydrogens (primary N) is 1. The molecule has 0 saturated heterocycles. The summed E-state index contributed by atoms with van der Waals surface area (Å²) in [6, 6.07) is 7.73. The van der Waals surface area contributed by atoms with Gasteiger partial charge in [0.2, 0.25) is 5.91 Å². The first-order chi connectivity index (χ1) is 8.59. The largest absolute Gasteiger partial charge is 0.376 e. The van der Waals surface area contributed by atoms with E-state index in [9.17, 15) is 4.79 Å². The highest BCUT2D eigenvalue weighted by Crippen LogP contribution is 2.16. The van der Waals surface area contributed by atoms with Gasteiger partial charge >= 0.3 is 0 Å². The van der Waals surface area contributed by atoms with E-state index in [1.54, 1.807) is 0 Å². The summed E-state index contributed by atoms with van der Waals surface area (Å²) in [5, 5.41) is 5.90. The normalized spacial score (nSPS) is 10.3. The van der Waals surface area contributed by atoms with Crippen molar-refractivity contribution in [1.82, 2.24) is 5.32 Å². The Labute approximate surface area is 112 Å². The number of hydrogen-bond acceptors (Lipinski definition) is 2. The third kappa shape index (κ3) is 5.45. The van der Waals surface area contributed by atoms with Gasteiger partial charge in [-0.05, 0) is 30.3 Å². The minimum atomic E-state index is -0.0149. The molecule has 1 aromatic carbocycles. The number of amides is 1. The molecule has 1 aromatic rings. The second-order valence-electron chi connectivity index (χ2n) is 3.75. The molecule has 0 saturated carbocycles. The molecule has 5 heteroatoms. The van der Waals surface area contributed by atoms with Crippen molar-refractivity contribution in [3.05, 3.63) is 35.9 Å². The Bertz CT molecular complexity index is 457. The molecule has 0 unspecified atom stereocenters. The number of para-hydroxylation sites is 1. The maximum absolute atomic E-state index is 10.7. The Balaban J connectivity index is 2.57. The summed E-state index contributed by atoms with van der Waals surface area (Å²) in [5.74, 6) is -0.0149. The second-order valence-corrected chi connectivity index (χ2v) is 4.19. The molecule has 4 N–H and O–H groups in total. The van der Waals surface area contributed by atoms with E-state index in [0.717, 1.165) is 17.7 Å². The van der Waals surface area contributed by atoms with Gasteiger partial charge in [-0.1, -0.05) is 30.4 Å². The van der Waals surface area contributed by atoms with Crippen molar-refractivity contribution in [3.8, 4) is 0 Å². The van der Waals surface area contributed by atoms with E-state index in [4.69, 9.17) is 18.0 Å². The lowest BCUT2D eigenvalue weighted by Gasteiger charge is -2.07. The fourth-order valence-corrected chi connectivity index (χ4v) is 1.54. The zero-order chi connectivity index (χ0) is 13.4. The van der Waals surface area contributed by atoms with Gasteiger partial charge in [-0.2, -0.15) is 0 Å². The van der Waals surface area contributed by atoms with Crippen molar-refractivity contribution < 1.29 is 4.79 Å². The predicted molar refractivity (Wildman–Crippen MR) is 79.2 cm³/mol. The van der Waals surface area contributed by atoms with Crippen molar-refractivity contribution in [2.45, 2.75) is 13.3 Å². The molecule has 0 atom stereocenters. The number of hydrogen-bond donors (Lipinski definition) is 3. The molecule has 1 amide bonds. The highest BCUT2D eigenvalue weighted by atomic mass is 32.1. The smallest absolute Gasteiger partial charge is 0.216 e. The van der Waals surface area contributed by atoms with Gasteiger partial charge in [0, 0.05) is 19.2 Å². The van der Waals surface area contributed by atoms with E-state index < -0.39 is 0 Å². The van der Waals surface area contributed by atoms with Crippen LogP contribution < -0.4 is 16.4 Å². The van der Waals surface area contributed by atoms with Crippen LogP contribution in [0.3, 0.4) is 0 Å². The summed E-state index contributed by atoms with van der Waals surface area (Å²) in [6.07, 6.45) is 4.75. The van der Waals surface area contributed by atoms with Gasteiger partial charge in [-0.3, -0.25) is 4.79 Å². The van der Waals surface area contributed by atoms with Gasteiger partial charge in [-0.25, -0.2) is 0 Å². The number of rotatable bonds is 5. The fourth-order valence-electron chi connectivity index (χ4n) is 1.43. The molecule has 0 radical (unpaired) electrons. The number of carbonyl (C=O) groups excluding carboxylic acids is 1. The average Bonchev–Trinajstić information content (AvgIpc) is 2.29. The third-order valence-electron chi connectivity index (χ3n) is 2.20. The Morgan fingerprint density at radius 1 is 1.44 bits per heavy atom. The van der Waals surface area contributed by atoms with Crippen molar-refractivity contribution in [1.29, 1.82) is 0 Å². The van der Waals surface area contributed by atoms with Crippen LogP contribution in [-0.2, 0) is 4.79 Å². The monoisotopic (exact) mass is 263 g/mol. The molecule has 0 aromatic heterocycles. The van der Waals surface area contributed by atoms with E-state index in [1.165, 1.54) is 6.92 Å². The maximum atomic E-state index is 10.7. The summed E-state index contributed by atoms with van der Waals surface area (Å²) >= 11 is 4.82. The minimum Gasteiger partial charge on any atom is -0.376 e. The number of benzene rings is 1. The molecular weight excluding hydrogens is 246 g/mol. The van der Waals surface area contributed by atoms with Crippen LogP contribution in [0.5, 0.6) is 0 Å². The molecule has 0 heterocycles. The van der Waals surface area contributed by atoms with Crippen LogP contribution >= 0.6 is 12.2 Å². The van der Waals surface area contributed by atoms with E-state index in [0.29, 0.717) is 6.54 Å². The Hall–Kier alpha value is -1.88. The number of anilines is 1. The molecule has 0 spiro atoms. The number of nitrogens with one attached hydrogen (secondary N) is 2. The Morgan fingerprint density at radius 3 is 2.83 bits per heavy atom. The van der Waals surface area contributed by atoms with Crippen LogP contribution in [0, 0.1) is 0 Å². The Kier molecular flexibility index (Phi) is 5.87. The zero-order valence-electron chi connectivity index (χ0n) is 10.3. The molecule has 18 heavy (non-hydrogen) atoms. The SMILES string of the molecule is CC(=O)NCCC=Cc1ccccc1NC(N)=S. The molecule has 0 fully saturated rings. The van der Waals surface area contributed by atoms with Crippen molar-refractivity contribution in [2.24, 2.45) is 5.73 Å². The zero-order valence-corrected chi connectivity index (χ0v) is 11.1. The summed E-state index contributed by atoms with van der Waals surface area (Å²) in [4.78, 5) is 10.7. The molecule has 1 rings (SSSR count). The first-order valence-corrected chi connectivity index (χ1v) is 6.07. The molecule has 0 aliphatic carbocycles. The van der Waals surface area contributed by atoms with E-state index in [2.05, 4.69) is 10.6 Å². The molecular formula is C13H17N3OS. The second kappa shape index (κ2) is 7.45. The van der Waals surface area contributed by atoms with Gasteiger partial charge in [0.25, 0.3) is 0 Å². The molecule has 0 aliphatic heterocycles. The van der Waals surface area contributed by atoms with Crippen LogP contribution in [0.25, 0.3) is 6.08 Å². The standard InChI is InChI=1S/C13H17N3OS/c1-10(17)15-9-5-4-7-11-6-2-3-8-12(11)16-13(14)18/h2-4,6-8H,5,9H2,1H3,(H,15,17)(H3,14,16,18). The van der Waals surface area contributed by atoms with Gasteiger partial charge in [-0.15, -0.1) is 0 Å². The lowest BCUT2D eigenvalue weighted by Crippen LogP contribution is -2.20. The maximum Gasteiger partial charge on any atom is 0.216 e. The quantitative estimate of drug-likeness (QED) is 0.560. The first kappa shape index (κ1) is 14.2. The van der Waals surface area contributed by atoms with Gasteiger partial charge in [0.15, 0.2) is 5.11 Å². The highest BCUT2D eigenvalue weighted by molar-refractivity contribution is 7.80. The van der Waals surface area contributed by atoms with Gasteiger partial charge < -0.3 is 16.4 Å². The highest BCUT2D eigenvalue weighted by Gasteiger charge is 1.98. The van der Waals surface area contributed by atoms with Gasteiger partial charge in [0.1, 0.15) is 0 Å². The molecule has 96 valence electrons. The van der Waals surface area contributed by atoms with E-state index in [-0.39, 0.29) is 11.0 Å². The molecule has 0 aliphatic rings. The van der Waals surface area contributed by atoms with Crippen molar-refractivity contribution in [2.75, 3.05) is 11.9 Å². The van der Waals surface area contributed by atoms with E-state index >= 15 is 0 Å². The van der Waals surface area contributed by atoms with Crippen LogP contribution in [0.15, 0.2) is 30.3 Å². The molecule has 4 nitrogen and oxygen atoms in total. The molecule has 0 bridgehead atoms. The van der Waals surface area contributed by atoms with Crippen molar-refractivity contribution in [3.63, 3.8) is 0 Å². The Morgan fingerprint density at radius 2 is 2.17 bits per heavy atom. The first-order valence-electron chi connectivity index (χ1n) is 5.66.